The highest BCUT2D eigenvalue weighted by Gasteiger charge is 2.30. The third-order valence-corrected chi connectivity index (χ3v) is 3.65. The average Bonchev–Trinajstić information content (AvgIpc) is 2.61. The molecule has 1 unspecified atom stereocenters. The van der Waals surface area contributed by atoms with Crippen molar-refractivity contribution in [2.75, 3.05) is 10.2 Å². The van der Waals surface area contributed by atoms with Crippen molar-refractivity contribution in [3.63, 3.8) is 0 Å². The number of carbonyl (C=O) groups excluding carboxylic acids is 2. The van der Waals surface area contributed by atoms with Crippen LogP contribution in [0.5, 0.6) is 0 Å². The number of carbonyl (C=O) groups is 2. The molecule has 1 aliphatic heterocycles. The van der Waals surface area contributed by atoms with Crippen LogP contribution in [-0.4, -0.2) is 17.9 Å². The van der Waals surface area contributed by atoms with Gasteiger partial charge in [0.2, 0.25) is 5.91 Å². The Morgan fingerprint density at radius 2 is 2.00 bits per heavy atom. The number of hydrogen-bond acceptors (Lipinski definition) is 2. The van der Waals surface area contributed by atoms with E-state index in [2.05, 4.69) is 5.32 Å². The number of amides is 2. The highest BCUT2D eigenvalue weighted by Crippen LogP contribution is 2.32. The maximum Gasteiger partial charge on any atom is 0.258 e. The first-order valence-corrected chi connectivity index (χ1v) is 7.04. The first kappa shape index (κ1) is 14.3. The summed E-state index contributed by atoms with van der Waals surface area (Å²) in [5.74, 6) is -0.929. The van der Waals surface area contributed by atoms with E-state index < -0.39 is 5.82 Å². The fourth-order valence-corrected chi connectivity index (χ4v) is 2.66. The molecule has 2 amide bonds. The average molecular weight is 298 g/mol. The predicted molar refractivity (Wildman–Crippen MR) is 82.4 cm³/mol. The van der Waals surface area contributed by atoms with Crippen LogP contribution in [0.4, 0.5) is 15.8 Å². The molecule has 2 aromatic rings. The normalized spacial score (nSPS) is 17.5. The van der Waals surface area contributed by atoms with E-state index in [9.17, 15) is 14.0 Å². The van der Waals surface area contributed by atoms with Crippen LogP contribution in [0.2, 0.25) is 0 Å². The Labute approximate surface area is 127 Å². The molecule has 0 saturated heterocycles. The van der Waals surface area contributed by atoms with Gasteiger partial charge in [-0.3, -0.25) is 9.59 Å². The molecule has 0 spiro atoms. The van der Waals surface area contributed by atoms with Gasteiger partial charge >= 0.3 is 0 Å². The molecule has 0 radical (unpaired) electrons. The molecule has 1 aliphatic rings. The van der Waals surface area contributed by atoms with Crippen molar-refractivity contribution >= 4 is 23.2 Å². The minimum absolute atomic E-state index is 0.144. The van der Waals surface area contributed by atoms with Crippen LogP contribution in [0.15, 0.2) is 48.5 Å². The summed E-state index contributed by atoms with van der Waals surface area (Å²) in [6.45, 7) is 1.80. The van der Waals surface area contributed by atoms with E-state index in [4.69, 9.17) is 0 Å². The molecular formula is C17H15FN2O2. The minimum Gasteiger partial charge on any atom is -0.324 e. The van der Waals surface area contributed by atoms with Crippen LogP contribution in [-0.2, 0) is 4.79 Å². The largest absolute Gasteiger partial charge is 0.324 e. The van der Waals surface area contributed by atoms with Crippen LogP contribution in [0.3, 0.4) is 0 Å². The zero-order valence-corrected chi connectivity index (χ0v) is 12.0. The smallest absolute Gasteiger partial charge is 0.258 e. The summed E-state index contributed by atoms with van der Waals surface area (Å²) in [6.07, 6.45) is 0.190. The standard InChI is InChI=1S/C17H15FN2O2/c1-11-9-16(21)19-14-7-2-3-8-15(14)20(11)17(22)12-5-4-6-13(18)10-12/h2-8,10-11H,9H2,1H3,(H,19,21). The summed E-state index contributed by atoms with van der Waals surface area (Å²) in [5.41, 5.74) is 1.47. The van der Waals surface area contributed by atoms with Gasteiger partial charge in [-0.25, -0.2) is 4.39 Å². The number of para-hydroxylation sites is 2. The van der Waals surface area contributed by atoms with Gasteiger partial charge in [0.1, 0.15) is 5.82 Å². The molecule has 4 nitrogen and oxygen atoms in total. The van der Waals surface area contributed by atoms with Crippen molar-refractivity contribution in [2.24, 2.45) is 0 Å². The number of hydrogen-bond donors (Lipinski definition) is 1. The summed E-state index contributed by atoms with van der Waals surface area (Å²) in [5, 5.41) is 2.79. The van der Waals surface area contributed by atoms with E-state index in [0.29, 0.717) is 11.4 Å². The Bertz CT molecular complexity index is 745. The van der Waals surface area contributed by atoms with Crippen LogP contribution < -0.4 is 10.2 Å². The second-order valence-corrected chi connectivity index (χ2v) is 5.30. The molecule has 22 heavy (non-hydrogen) atoms. The van der Waals surface area contributed by atoms with Gasteiger partial charge < -0.3 is 10.2 Å². The van der Waals surface area contributed by atoms with Gasteiger partial charge in [0.15, 0.2) is 0 Å². The second-order valence-electron chi connectivity index (χ2n) is 5.30. The molecule has 5 heteroatoms. The van der Waals surface area contributed by atoms with E-state index in [1.807, 2.05) is 0 Å². The Balaban J connectivity index is 2.08. The van der Waals surface area contributed by atoms with Gasteiger partial charge in [-0.1, -0.05) is 18.2 Å². The molecule has 0 saturated carbocycles. The van der Waals surface area contributed by atoms with Crippen molar-refractivity contribution in [1.29, 1.82) is 0 Å². The van der Waals surface area contributed by atoms with E-state index >= 15 is 0 Å². The van der Waals surface area contributed by atoms with E-state index in [1.165, 1.54) is 18.2 Å². The highest BCUT2D eigenvalue weighted by molar-refractivity contribution is 6.11. The molecule has 1 atom stereocenters. The van der Waals surface area contributed by atoms with Crippen LogP contribution in [0.25, 0.3) is 0 Å². The number of nitrogens with one attached hydrogen (secondary N) is 1. The van der Waals surface area contributed by atoms with Crippen molar-refractivity contribution in [1.82, 2.24) is 0 Å². The molecule has 0 aromatic heterocycles. The molecule has 112 valence electrons. The maximum atomic E-state index is 13.4. The molecule has 0 fully saturated rings. The van der Waals surface area contributed by atoms with Gasteiger partial charge in [0, 0.05) is 18.0 Å². The van der Waals surface area contributed by atoms with Crippen molar-refractivity contribution in [2.45, 2.75) is 19.4 Å². The Hall–Kier alpha value is -2.69. The molecule has 1 heterocycles. The second kappa shape index (κ2) is 5.60. The number of anilines is 2. The molecule has 3 rings (SSSR count). The SMILES string of the molecule is CC1CC(=O)Nc2ccccc2N1C(=O)c1cccc(F)c1. The lowest BCUT2D eigenvalue weighted by atomic mass is 10.1. The first-order chi connectivity index (χ1) is 10.6. The number of benzene rings is 2. The van der Waals surface area contributed by atoms with E-state index in [-0.39, 0.29) is 29.8 Å². The molecule has 0 aliphatic carbocycles. The topological polar surface area (TPSA) is 49.4 Å². The molecular weight excluding hydrogens is 283 g/mol. The van der Waals surface area contributed by atoms with Crippen LogP contribution >= 0.6 is 0 Å². The van der Waals surface area contributed by atoms with Crippen molar-refractivity contribution in [3.05, 3.63) is 59.9 Å². The lowest BCUT2D eigenvalue weighted by Gasteiger charge is -2.27. The van der Waals surface area contributed by atoms with Gasteiger partial charge in [0.05, 0.1) is 11.4 Å². The fraction of sp³-hybridized carbons (Fsp3) is 0.176. The predicted octanol–water partition coefficient (Wildman–Crippen LogP) is 3.20. The summed E-state index contributed by atoms with van der Waals surface area (Å²) in [7, 11) is 0. The Morgan fingerprint density at radius 3 is 2.77 bits per heavy atom. The first-order valence-electron chi connectivity index (χ1n) is 7.04. The number of nitrogens with zero attached hydrogens (tertiary/aromatic N) is 1. The summed E-state index contributed by atoms with van der Waals surface area (Å²) >= 11 is 0. The molecule has 0 bridgehead atoms. The van der Waals surface area contributed by atoms with E-state index in [0.717, 1.165) is 0 Å². The van der Waals surface area contributed by atoms with Gasteiger partial charge in [-0.15, -0.1) is 0 Å². The lowest BCUT2D eigenvalue weighted by molar-refractivity contribution is -0.116. The van der Waals surface area contributed by atoms with Crippen molar-refractivity contribution < 1.29 is 14.0 Å². The third kappa shape index (κ3) is 2.57. The number of fused-ring (bicyclic) bond motifs is 1. The van der Waals surface area contributed by atoms with Gasteiger partial charge in [0.25, 0.3) is 5.91 Å². The number of rotatable bonds is 1. The minimum atomic E-state index is -0.462. The van der Waals surface area contributed by atoms with Gasteiger partial charge in [-0.2, -0.15) is 0 Å². The zero-order valence-electron chi connectivity index (χ0n) is 12.0. The zero-order chi connectivity index (χ0) is 15.7. The molecule has 1 N–H and O–H groups in total. The highest BCUT2D eigenvalue weighted by atomic mass is 19.1. The van der Waals surface area contributed by atoms with Crippen LogP contribution in [0, 0.1) is 5.82 Å². The quantitative estimate of drug-likeness (QED) is 0.879. The monoisotopic (exact) mass is 298 g/mol. The van der Waals surface area contributed by atoms with Crippen molar-refractivity contribution in [3.8, 4) is 0 Å². The van der Waals surface area contributed by atoms with Gasteiger partial charge in [-0.05, 0) is 37.3 Å². The number of halogens is 1. The Kier molecular flexibility index (Phi) is 3.63. The summed E-state index contributed by atoms with van der Waals surface area (Å²) in [4.78, 5) is 26.3. The lowest BCUT2D eigenvalue weighted by Crippen LogP contribution is -2.39. The molecule has 2 aromatic carbocycles. The summed E-state index contributed by atoms with van der Waals surface area (Å²) < 4.78 is 13.4. The van der Waals surface area contributed by atoms with E-state index in [1.54, 1.807) is 42.2 Å². The third-order valence-electron chi connectivity index (χ3n) is 3.65. The Morgan fingerprint density at radius 1 is 1.23 bits per heavy atom. The maximum absolute atomic E-state index is 13.4. The van der Waals surface area contributed by atoms with Crippen LogP contribution in [0.1, 0.15) is 23.7 Å². The summed E-state index contributed by atoms with van der Waals surface area (Å²) in [6, 6.07) is 12.4. The fourth-order valence-electron chi connectivity index (χ4n) is 2.66.